The molecule has 0 aliphatic carbocycles. The summed E-state index contributed by atoms with van der Waals surface area (Å²) in [7, 11) is 0. The second kappa shape index (κ2) is 6.40. The van der Waals surface area contributed by atoms with Gasteiger partial charge in [-0.25, -0.2) is 0 Å². The highest BCUT2D eigenvalue weighted by molar-refractivity contribution is 9.10. The summed E-state index contributed by atoms with van der Waals surface area (Å²) in [6, 6.07) is 17.0. The van der Waals surface area contributed by atoms with Crippen molar-refractivity contribution in [3.8, 4) is 0 Å². The van der Waals surface area contributed by atoms with Gasteiger partial charge >= 0.3 is 0 Å². The Bertz CT molecular complexity index is 505. The zero-order chi connectivity index (χ0) is 13.0. The van der Waals surface area contributed by atoms with E-state index in [-0.39, 0.29) is 0 Å². The summed E-state index contributed by atoms with van der Waals surface area (Å²) in [4.78, 5) is 0. The number of alkyl halides is 1. The molecule has 0 bridgehead atoms. The lowest BCUT2D eigenvalue weighted by Gasteiger charge is -2.16. The van der Waals surface area contributed by atoms with Crippen LogP contribution in [0.5, 0.6) is 0 Å². The second-order valence-corrected chi connectivity index (χ2v) is 5.73. The second-order valence-electron chi connectivity index (χ2n) is 4.56. The van der Waals surface area contributed by atoms with Gasteiger partial charge in [0, 0.05) is 16.3 Å². The van der Waals surface area contributed by atoms with Gasteiger partial charge in [-0.15, -0.1) is 11.6 Å². The van der Waals surface area contributed by atoms with Crippen molar-refractivity contribution in [3.05, 3.63) is 69.7 Å². The SMILES string of the molecule is Cc1ccc(CC(CCl)c2ccccc2Br)cc1. The van der Waals surface area contributed by atoms with Crippen LogP contribution in [0.25, 0.3) is 0 Å². The Balaban J connectivity index is 2.20. The van der Waals surface area contributed by atoms with E-state index >= 15 is 0 Å². The van der Waals surface area contributed by atoms with Crippen LogP contribution in [0.2, 0.25) is 0 Å². The molecule has 0 amide bonds. The van der Waals surface area contributed by atoms with Gasteiger partial charge in [-0.3, -0.25) is 0 Å². The minimum atomic E-state index is 0.352. The molecule has 2 aromatic rings. The number of hydrogen-bond acceptors (Lipinski definition) is 0. The van der Waals surface area contributed by atoms with Gasteiger partial charge in [0.05, 0.1) is 0 Å². The monoisotopic (exact) mass is 322 g/mol. The van der Waals surface area contributed by atoms with Gasteiger partial charge in [0.2, 0.25) is 0 Å². The van der Waals surface area contributed by atoms with Crippen molar-refractivity contribution in [3.63, 3.8) is 0 Å². The minimum Gasteiger partial charge on any atom is -0.126 e. The molecule has 0 aromatic heterocycles. The van der Waals surface area contributed by atoms with E-state index in [1.54, 1.807) is 0 Å². The van der Waals surface area contributed by atoms with Crippen LogP contribution in [0.15, 0.2) is 53.0 Å². The summed E-state index contributed by atoms with van der Waals surface area (Å²) >= 11 is 9.74. The third-order valence-electron chi connectivity index (χ3n) is 3.13. The van der Waals surface area contributed by atoms with Crippen molar-refractivity contribution in [2.24, 2.45) is 0 Å². The van der Waals surface area contributed by atoms with Crippen LogP contribution in [0.4, 0.5) is 0 Å². The van der Waals surface area contributed by atoms with Gasteiger partial charge in [0.15, 0.2) is 0 Å². The molecule has 1 atom stereocenters. The first-order valence-electron chi connectivity index (χ1n) is 6.06. The maximum atomic E-state index is 6.13. The first kappa shape index (κ1) is 13.6. The molecule has 2 aromatic carbocycles. The van der Waals surface area contributed by atoms with Crippen LogP contribution < -0.4 is 0 Å². The minimum absolute atomic E-state index is 0.352. The molecule has 0 saturated heterocycles. The number of aryl methyl sites for hydroxylation is 1. The van der Waals surface area contributed by atoms with Crippen molar-refractivity contribution in [2.75, 3.05) is 5.88 Å². The van der Waals surface area contributed by atoms with Crippen LogP contribution in [-0.2, 0) is 6.42 Å². The Hall–Kier alpha value is -0.790. The van der Waals surface area contributed by atoms with Gasteiger partial charge in [-0.2, -0.15) is 0 Å². The Labute approximate surface area is 122 Å². The fourth-order valence-corrected chi connectivity index (χ4v) is 2.95. The first-order valence-corrected chi connectivity index (χ1v) is 7.39. The Kier molecular flexibility index (Phi) is 4.85. The Morgan fingerprint density at radius 3 is 2.33 bits per heavy atom. The van der Waals surface area contributed by atoms with E-state index < -0.39 is 0 Å². The smallest absolute Gasteiger partial charge is 0.0295 e. The summed E-state index contributed by atoms with van der Waals surface area (Å²) in [5.41, 5.74) is 3.91. The summed E-state index contributed by atoms with van der Waals surface area (Å²) < 4.78 is 1.14. The van der Waals surface area contributed by atoms with Crippen LogP contribution >= 0.6 is 27.5 Å². The maximum Gasteiger partial charge on any atom is 0.0295 e. The Morgan fingerprint density at radius 2 is 1.72 bits per heavy atom. The molecule has 0 N–H and O–H groups in total. The number of hydrogen-bond donors (Lipinski definition) is 0. The fourth-order valence-electron chi connectivity index (χ4n) is 2.06. The van der Waals surface area contributed by atoms with Crippen LogP contribution in [0, 0.1) is 6.92 Å². The van der Waals surface area contributed by atoms with E-state index in [1.165, 1.54) is 16.7 Å². The van der Waals surface area contributed by atoms with Gasteiger partial charge < -0.3 is 0 Å². The van der Waals surface area contributed by atoms with E-state index in [4.69, 9.17) is 11.6 Å². The average molecular weight is 324 g/mol. The molecule has 2 heteroatoms. The van der Waals surface area contributed by atoms with Crippen LogP contribution in [0.1, 0.15) is 22.6 Å². The van der Waals surface area contributed by atoms with E-state index in [2.05, 4.69) is 65.3 Å². The maximum absolute atomic E-state index is 6.13. The normalized spacial score (nSPS) is 12.4. The van der Waals surface area contributed by atoms with Gasteiger partial charge in [0.1, 0.15) is 0 Å². The quantitative estimate of drug-likeness (QED) is 0.668. The molecule has 2 rings (SSSR count). The zero-order valence-electron chi connectivity index (χ0n) is 10.4. The third-order valence-corrected chi connectivity index (χ3v) is 4.23. The molecular weight excluding hydrogens is 308 g/mol. The lowest BCUT2D eigenvalue weighted by atomic mass is 9.93. The molecule has 0 aliphatic rings. The van der Waals surface area contributed by atoms with Crippen molar-refractivity contribution >= 4 is 27.5 Å². The number of rotatable bonds is 4. The summed E-state index contributed by atoms with van der Waals surface area (Å²) in [6.45, 7) is 2.11. The van der Waals surface area contributed by atoms with Gasteiger partial charge in [-0.05, 0) is 30.5 Å². The summed E-state index contributed by atoms with van der Waals surface area (Å²) in [6.07, 6.45) is 0.979. The molecular formula is C16H16BrCl. The topological polar surface area (TPSA) is 0 Å². The summed E-state index contributed by atoms with van der Waals surface area (Å²) in [5, 5.41) is 0. The van der Waals surface area contributed by atoms with E-state index in [0.29, 0.717) is 11.8 Å². The standard InChI is InChI=1S/C16H16BrCl/c1-12-6-8-13(9-7-12)10-14(11-18)15-4-2-3-5-16(15)17/h2-9,14H,10-11H2,1H3. The molecule has 0 fully saturated rings. The molecule has 0 heterocycles. The van der Waals surface area contributed by atoms with Crippen LogP contribution in [0.3, 0.4) is 0 Å². The predicted molar refractivity (Wildman–Crippen MR) is 82.5 cm³/mol. The van der Waals surface area contributed by atoms with Crippen molar-refractivity contribution < 1.29 is 0 Å². The molecule has 94 valence electrons. The Morgan fingerprint density at radius 1 is 1.06 bits per heavy atom. The molecule has 0 radical (unpaired) electrons. The molecule has 0 nitrogen and oxygen atoms in total. The van der Waals surface area contributed by atoms with Gasteiger partial charge in [0.25, 0.3) is 0 Å². The zero-order valence-corrected chi connectivity index (χ0v) is 12.7. The highest BCUT2D eigenvalue weighted by Gasteiger charge is 2.13. The van der Waals surface area contributed by atoms with E-state index in [0.717, 1.165) is 10.9 Å². The van der Waals surface area contributed by atoms with Crippen molar-refractivity contribution in [1.29, 1.82) is 0 Å². The van der Waals surface area contributed by atoms with Crippen LogP contribution in [-0.4, -0.2) is 5.88 Å². The third kappa shape index (κ3) is 3.37. The predicted octanol–water partition coefficient (Wildman–Crippen LogP) is 5.32. The molecule has 0 aliphatic heterocycles. The van der Waals surface area contributed by atoms with E-state index in [9.17, 15) is 0 Å². The average Bonchev–Trinajstić information content (AvgIpc) is 2.39. The highest BCUT2D eigenvalue weighted by atomic mass is 79.9. The largest absolute Gasteiger partial charge is 0.126 e. The summed E-state index contributed by atoms with van der Waals surface area (Å²) in [5.74, 6) is 0.987. The number of benzene rings is 2. The molecule has 1 unspecified atom stereocenters. The lowest BCUT2D eigenvalue weighted by molar-refractivity contribution is 0.762. The van der Waals surface area contributed by atoms with Gasteiger partial charge in [-0.1, -0.05) is 64.0 Å². The lowest BCUT2D eigenvalue weighted by Crippen LogP contribution is -2.05. The van der Waals surface area contributed by atoms with E-state index in [1.807, 2.05) is 6.07 Å². The highest BCUT2D eigenvalue weighted by Crippen LogP contribution is 2.28. The molecule has 18 heavy (non-hydrogen) atoms. The fraction of sp³-hybridized carbons (Fsp3) is 0.250. The number of halogens is 2. The first-order chi connectivity index (χ1) is 8.70. The van der Waals surface area contributed by atoms with Crippen molar-refractivity contribution in [2.45, 2.75) is 19.3 Å². The molecule has 0 saturated carbocycles. The molecule has 0 spiro atoms. The van der Waals surface area contributed by atoms with Crippen molar-refractivity contribution in [1.82, 2.24) is 0 Å².